The molecule has 208 valence electrons. The van der Waals surface area contributed by atoms with Gasteiger partial charge in [-0.1, -0.05) is 30.3 Å². The third-order valence-electron chi connectivity index (χ3n) is 7.50. The molecule has 0 N–H and O–H groups in total. The van der Waals surface area contributed by atoms with Crippen LogP contribution in [0.1, 0.15) is 16.8 Å². The van der Waals surface area contributed by atoms with Crippen LogP contribution >= 0.6 is 11.8 Å². The van der Waals surface area contributed by atoms with Crippen molar-refractivity contribution in [2.24, 2.45) is 4.99 Å². The van der Waals surface area contributed by atoms with Crippen LogP contribution in [0.3, 0.4) is 0 Å². The molecule has 0 spiro atoms. The van der Waals surface area contributed by atoms with Crippen LogP contribution in [-0.2, 0) is 16.1 Å². The molecule has 0 aliphatic carbocycles. The predicted octanol–water partition coefficient (Wildman–Crippen LogP) is 5.98. The number of amides is 1. The highest BCUT2D eigenvalue weighted by Gasteiger charge is 2.31. The largest absolute Gasteiger partial charge is 0.378 e. The number of hydrogen-bond donors (Lipinski definition) is 0. The number of morpholine rings is 1. The van der Waals surface area contributed by atoms with E-state index in [1.54, 1.807) is 24.1 Å². The van der Waals surface area contributed by atoms with E-state index >= 15 is 0 Å². The normalized spacial score (nSPS) is 17.8. The minimum absolute atomic E-state index is 0.0691. The molecular formula is C31H29N5O4S. The first-order valence-corrected chi connectivity index (χ1v) is 14.2. The number of fused-ring (bicyclic) bond motifs is 1. The maximum Gasteiger partial charge on any atom is 0.269 e. The third kappa shape index (κ3) is 5.36. The van der Waals surface area contributed by atoms with Crippen LogP contribution in [0.4, 0.5) is 17.1 Å². The Balaban J connectivity index is 1.28. The lowest BCUT2D eigenvalue weighted by molar-refractivity contribution is -0.384. The van der Waals surface area contributed by atoms with Gasteiger partial charge in [-0.3, -0.25) is 19.8 Å². The zero-order valence-corrected chi connectivity index (χ0v) is 23.6. The van der Waals surface area contributed by atoms with E-state index in [4.69, 9.17) is 9.73 Å². The number of hydrogen-bond acceptors (Lipinski definition) is 7. The molecule has 3 aromatic carbocycles. The molecule has 0 radical (unpaired) electrons. The summed E-state index contributed by atoms with van der Waals surface area (Å²) in [4.78, 5) is 33.2. The summed E-state index contributed by atoms with van der Waals surface area (Å²) in [5.74, 6) is -0.0923. The summed E-state index contributed by atoms with van der Waals surface area (Å²) < 4.78 is 7.63. The number of anilines is 1. The van der Waals surface area contributed by atoms with E-state index in [2.05, 4.69) is 33.7 Å². The molecule has 3 heterocycles. The van der Waals surface area contributed by atoms with Gasteiger partial charge in [-0.05, 0) is 60.7 Å². The first-order chi connectivity index (χ1) is 19.9. The second-order valence-electron chi connectivity index (χ2n) is 10.0. The fourth-order valence-corrected chi connectivity index (χ4v) is 6.17. The molecule has 2 saturated heterocycles. The molecular weight excluding hydrogens is 538 g/mol. The molecule has 10 heteroatoms. The van der Waals surface area contributed by atoms with Crippen molar-refractivity contribution in [1.29, 1.82) is 0 Å². The standard InChI is InChI=1S/C31H29N5O4S/c1-21-27(26-5-3-4-6-28(26)35(21)20-22-7-11-25(12-8-22)36(38)39)19-29-30(37)33(2)31(41-29)32-23-9-13-24(14-10-23)34-15-17-40-18-16-34/h3-14,19H,15-18,20H2,1-2H3/b29-19-,32-31?. The van der Waals surface area contributed by atoms with Crippen LogP contribution in [0, 0.1) is 17.0 Å². The van der Waals surface area contributed by atoms with Gasteiger partial charge in [0.1, 0.15) is 0 Å². The summed E-state index contributed by atoms with van der Waals surface area (Å²) in [5, 5.41) is 12.7. The number of benzene rings is 3. The summed E-state index contributed by atoms with van der Waals surface area (Å²) in [7, 11) is 1.75. The minimum atomic E-state index is -0.393. The van der Waals surface area contributed by atoms with Gasteiger partial charge in [0.05, 0.1) is 28.7 Å². The van der Waals surface area contributed by atoms with Gasteiger partial charge >= 0.3 is 0 Å². The summed E-state index contributed by atoms with van der Waals surface area (Å²) in [6.07, 6.45) is 1.96. The Morgan fingerprint density at radius 1 is 1.02 bits per heavy atom. The fraction of sp³-hybridized carbons (Fsp3) is 0.226. The molecule has 6 rings (SSSR count). The average molecular weight is 568 g/mol. The van der Waals surface area contributed by atoms with E-state index in [1.807, 2.05) is 37.3 Å². The molecule has 4 aromatic rings. The number of nitro benzene ring substituents is 1. The van der Waals surface area contributed by atoms with Gasteiger partial charge in [-0.2, -0.15) is 0 Å². The molecule has 1 aromatic heterocycles. The van der Waals surface area contributed by atoms with Gasteiger partial charge in [-0.15, -0.1) is 0 Å². The molecule has 0 saturated carbocycles. The second-order valence-corrected chi connectivity index (χ2v) is 11.0. The van der Waals surface area contributed by atoms with E-state index in [0.717, 1.165) is 65.4 Å². The lowest BCUT2D eigenvalue weighted by Gasteiger charge is -2.28. The maximum absolute atomic E-state index is 13.3. The van der Waals surface area contributed by atoms with Crippen molar-refractivity contribution in [1.82, 2.24) is 9.47 Å². The molecule has 0 unspecified atom stereocenters. The molecule has 1 amide bonds. The number of aliphatic imine (C=N–C) groups is 1. The second kappa shape index (κ2) is 11.2. The minimum Gasteiger partial charge on any atom is -0.378 e. The average Bonchev–Trinajstić information content (AvgIpc) is 3.41. The number of rotatable bonds is 6. The number of nitrogens with zero attached hydrogens (tertiary/aromatic N) is 5. The van der Waals surface area contributed by atoms with Crippen molar-refractivity contribution < 1.29 is 14.5 Å². The Labute approximate surface area is 241 Å². The molecule has 0 bridgehead atoms. The van der Waals surface area contributed by atoms with Crippen molar-refractivity contribution >= 4 is 56.9 Å². The SMILES string of the molecule is Cc1c(/C=C2\SC(=Nc3ccc(N4CCOCC4)cc3)N(C)C2=O)c2ccccc2n1Cc1ccc([N+](=O)[O-])cc1. The van der Waals surface area contributed by atoms with Gasteiger partial charge in [0, 0.05) is 66.7 Å². The number of carbonyl (C=O) groups excluding carboxylic acids is 1. The summed E-state index contributed by atoms with van der Waals surface area (Å²) in [6.45, 7) is 5.81. The van der Waals surface area contributed by atoms with Crippen LogP contribution in [0.15, 0.2) is 82.7 Å². The highest BCUT2D eigenvalue weighted by Crippen LogP contribution is 2.36. The molecule has 2 aliphatic heterocycles. The van der Waals surface area contributed by atoms with Crippen LogP contribution in [-0.4, -0.2) is 58.8 Å². The van der Waals surface area contributed by atoms with Crippen LogP contribution in [0.2, 0.25) is 0 Å². The predicted molar refractivity (Wildman–Crippen MR) is 164 cm³/mol. The summed E-state index contributed by atoms with van der Waals surface area (Å²) in [6, 6.07) is 22.8. The van der Waals surface area contributed by atoms with Gasteiger partial charge < -0.3 is 14.2 Å². The molecule has 2 fully saturated rings. The Morgan fingerprint density at radius 2 is 1.73 bits per heavy atom. The first-order valence-electron chi connectivity index (χ1n) is 13.4. The molecule has 0 atom stereocenters. The zero-order valence-electron chi connectivity index (χ0n) is 22.8. The van der Waals surface area contributed by atoms with Crippen LogP contribution in [0.25, 0.3) is 17.0 Å². The van der Waals surface area contributed by atoms with Crippen molar-refractivity contribution in [3.05, 3.63) is 105 Å². The Hall–Kier alpha value is -4.41. The number of non-ortho nitro benzene ring substituents is 1. The molecule has 2 aliphatic rings. The van der Waals surface area contributed by atoms with Gasteiger partial charge in [0.2, 0.25) is 0 Å². The quantitative estimate of drug-likeness (QED) is 0.162. The van der Waals surface area contributed by atoms with E-state index < -0.39 is 4.92 Å². The highest BCUT2D eigenvalue weighted by atomic mass is 32.2. The summed E-state index contributed by atoms with van der Waals surface area (Å²) in [5.41, 5.74) is 5.98. The number of thioether (sulfide) groups is 1. The van der Waals surface area contributed by atoms with Crippen molar-refractivity contribution in [3.63, 3.8) is 0 Å². The Kier molecular flexibility index (Phi) is 7.34. The van der Waals surface area contributed by atoms with E-state index in [1.165, 1.54) is 23.9 Å². The van der Waals surface area contributed by atoms with Crippen molar-refractivity contribution in [2.75, 3.05) is 38.3 Å². The number of likely N-dealkylation sites (N-methyl/N-ethyl adjacent to an activating group) is 1. The lowest BCUT2D eigenvalue weighted by Crippen LogP contribution is -2.36. The van der Waals surface area contributed by atoms with Crippen molar-refractivity contribution in [3.8, 4) is 0 Å². The van der Waals surface area contributed by atoms with Crippen molar-refractivity contribution in [2.45, 2.75) is 13.5 Å². The fourth-order valence-electron chi connectivity index (χ4n) is 5.20. The Bertz CT molecular complexity index is 1690. The topological polar surface area (TPSA) is 93.2 Å². The number of carbonyl (C=O) groups is 1. The van der Waals surface area contributed by atoms with Gasteiger partial charge in [0.15, 0.2) is 5.17 Å². The Morgan fingerprint density at radius 3 is 2.44 bits per heavy atom. The van der Waals surface area contributed by atoms with Gasteiger partial charge in [0.25, 0.3) is 11.6 Å². The number of para-hydroxylation sites is 1. The number of nitro groups is 1. The van der Waals surface area contributed by atoms with E-state index in [-0.39, 0.29) is 11.6 Å². The van der Waals surface area contributed by atoms with E-state index in [0.29, 0.717) is 16.6 Å². The number of amidine groups is 1. The molecule has 41 heavy (non-hydrogen) atoms. The molecule has 9 nitrogen and oxygen atoms in total. The smallest absolute Gasteiger partial charge is 0.269 e. The zero-order chi connectivity index (χ0) is 28.5. The van der Waals surface area contributed by atoms with Gasteiger partial charge in [-0.25, -0.2) is 4.99 Å². The number of ether oxygens (including phenoxy) is 1. The number of aromatic nitrogens is 1. The highest BCUT2D eigenvalue weighted by molar-refractivity contribution is 8.18. The van der Waals surface area contributed by atoms with E-state index in [9.17, 15) is 14.9 Å². The lowest BCUT2D eigenvalue weighted by atomic mass is 10.1. The van der Waals surface area contributed by atoms with Crippen LogP contribution < -0.4 is 4.90 Å². The summed E-state index contributed by atoms with van der Waals surface area (Å²) >= 11 is 1.37. The third-order valence-corrected chi connectivity index (χ3v) is 8.56. The monoisotopic (exact) mass is 567 g/mol. The first kappa shape index (κ1) is 26.8. The maximum atomic E-state index is 13.3. The van der Waals surface area contributed by atoms with Crippen LogP contribution in [0.5, 0.6) is 0 Å².